The molecule has 0 saturated carbocycles. The normalized spacial score (nSPS) is 25.5. The molecule has 1 aliphatic rings. The molecule has 8 heteroatoms. The van der Waals surface area contributed by atoms with Gasteiger partial charge < -0.3 is 10.5 Å². The number of carbonyl (C=O) groups is 1. The van der Waals surface area contributed by atoms with Crippen LogP contribution in [-0.4, -0.2) is 45.4 Å². The van der Waals surface area contributed by atoms with Crippen LogP contribution in [0, 0.1) is 5.92 Å². The lowest BCUT2D eigenvalue weighted by Crippen LogP contribution is -2.37. The van der Waals surface area contributed by atoms with Crippen LogP contribution in [0.1, 0.15) is 0 Å². The summed E-state index contributed by atoms with van der Waals surface area (Å²) in [5.74, 6) is -0.386. The Labute approximate surface area is 85.8 Å². The first kappa shape index (κ1) is 9.99. The molecule has 0 spiro atoms. The van der Waals surface area contributed by atoms with Crippen molar-refractivity contribution in [2.45, 2.75) is 6.04 Å². The molecule has 1 aliphatic heterocycles. The van der Waals surface area contributed by atoms with Crippen LogP contribution >= 0.6 is 0 Å². The van der Waals surface area contributed by atoms with Crippen LogP contribution in [0.4, 0.5) is 5.95 Å². The third-order valence-corrected chi connectivity index (χ3v) is 2.20. The number of nitrogens with zero attached hydrogens (tertiary/aromatic N) is 4. The average Bonchev–Trinajstić information content (AvgIpc) is 2.75. The Morgan fingerprint density at radius 1 is 1.67 bits per heavy atom. The van der Waals surface area contributed by atoms with Crippen LogP contribution in [0.2, 0.25) is 0 Å². The SMILES string of the molecule is Cn1nnc(NC(=O)C2COCC2N)n1. The summed E-state index contributed by atoms with van der Waals surface area (Å²) >= 11 is 0. The van der Waals surface area contributed by atoms with Gasteiger partial charge in [0.1, 0.15) is 0 Å². The van der Waals surface area contributed by atoms with Crippen molar-refractivity contribution in [3.05, 3.63) is 0 Å². The maximum atomic E-state index is 11.6. The van der Waals surface area contributed by atoms with Gasteiger partial charge in [-0.05, 0) is 5.21 Å². The third-order valence-electron chi connectivity index (χ3n) is 2.20. The van der Waals surface area contributed by atoms with Crippen molar-refractivity contribution in [3.8, 4) is 0 Å². The Kier molecular flexibility index (Phi) is 2.60. The molecule has 1 amide bonds. The summed E-state index contributed by atoms with van der Waals surface area (Å²) in [5, 5.41) is 13.6. The number of amides is 1. The summed E-state index contributed by atoms with van der Waals surface area (Å²) in [6, 6.07) is -0.262. The Balaban J connectivity index is 1.97. The second kappa shape index (κ2) is 3.91. The van der Waals surface area contributed by atoms with E-state index in [0.717, 1.165) is 0 Å². The Morgan fingerprint density at radius 3 is 3.00 bits per heavy atom. The van der Waals surface area contributed by atoms with Crippen LogP contribution in [0.25, 0.3) is 0 Å². The average molecular weight is 212 g/mol. The zero-order valence-corrected chi connectivity index (χ0v) is 8.25. The smallest absolute Gasteiger partial charge is 0.270 e. The monoisotopic (exact) mass is 212 g/mol. The number of tetrazole rings is 1. The number of nitrogens with two attached hydrogens (primary N) is 1. The summed E-state index contributed by atoms with van der Waals surface area (Å²) in [6.07, 6.45) is 0. The summed E-state index contributed by atoms with van der Waals surface area (Å²) in [4.78, 5) is 12.9. The number of aromatic nitrogens is 4. The molecular formula is C7H12N6O2. The van der Waals surface area contributed by atoms with Crippen molar-refractivity contribution in [1.29, 1.82) is 0 Å². The van der Waals surface area contributed by atoms with Gasteiger partial charge in [0, 0.05) is 6.04 Å². The summed E-state index contributed by atoms with van der Waals surface area (Å²) in [6.45, 7) is 0.749. The molecule has 2 rings (SSSR count). The molecule has 82 valence electrons. The van der Waals surface area contributed by atoms with Gasteiger partial charge in [-0.15, -0.1) is 5.10 Å². The highest BCUT2D eigenvalue weighted by atomic mass is 16.5. The van der Waals surface area contributed by atoms with Crippen molar-refractivity contribution in [3.63, 3.8) is 0 Å². The van der Waals surface area contributed by atoms with Crippen LogP contribution in [-0.2, 0) is 16.6 Å². The standard InChI is InChI=1S/C7H12N6O2/c1-13-11-7(10-12-13)9-6(14)4-2-15-3-5(4)8/h4-5H,2-3,8H2,1H3,(H,9,11,14). The fraction of sp³-hybridized carbons (Fsp3) is 0.714. The molecular weight excluding hydrogens is 200 g/mol. The lowest BCUT2D eigenvalue weighted by molar-refractivity contribution is -0.120. The first-order valence-corrected chi connectivity index (χ1v) is 4.55. The van der Waals surface area contributed by atoms with Gasteiger partial charge in [-0.3, -0.25) is 10.1 Å². The van der Waals surface area contributed by atoms with E-state index >= 15 is 0 Å². The van der Waals surface area contributed by atoms with Crippen molar-refractivity contribution in [2.75, 3.05) is 18.5 Å². The molecule has 1 aromatic heterocycles. The second-order valence-corrected chi connectivity index (χ2v) is 3.40. The fourth-order valence-corrected chi connectivity index (χ4v) is 1.38. The molecule has 3 N–H and O–H groups in total. The van der Waals surface area contributed by atoms with E-state index in [4.69, 9.17) is 10.5 Å². The molecule has 2 heterocycles. The number of anilines is 1. The van der Waals surface area contributed by atoms with E-state index in [1.165, 1.54) is 4.80 Å². The van der Waals surface area contributed by atoms with Gasteiger partial charge in [0.15, 0.2) is 0 Å². The van der Waals surface area contributed by atoms with Crippen LogP contribution in [0.5, 0.6) is 0 Å². The summed E-state index contributed by atoms with van der Waals surface area (Å²) in [5.41, 5.74) is 5.69. The number of aryl methyl sites for hydroxylation is 1. The molecule has 2 unspecified atom stereocenters. The van der Waals surface area contributed by atoms with E-state index in [1.54, 1.807) is 7.05 Å². The minimum absolute atomic E-state index is 0.182. The van der Waals surface area contributed by atoms with Crippen LogP contribution in [0.3, 0.4) is 0 Å². The third kappa shape index (κ3) is 2.10. The Bertz CT molecular complexity index is 364. The highest BCUT2D eigenvalue weighted by Gasteiger charge is 2.31. The van der Waals surface area contributed by atoms with Crippen molar-refractivity contribution >= 4 is 11.9 Å². The molecule has 15 heavy (non-hydrogen) atoms. The van der Waals surface area contributed by atoms with Gasteiger partial charge in [0.2, 0.25) is 5.91 Å². The van der Waals surface area contributed by atoms with Crippen molar-refractivity contribution in [2.24, 2.45) is 18.7 Å². The van der Waals surface area contributed by atoms with Crippen molar-refractivity contribution < 1.29 is 9.53 Å². The molecule has 1 aromatic rings. The number of rotatable bonds is 2. The number of hydrogen-bond donors (Lipinski definition) is 2. The maximum Gasteiger partial charge on any atom is 0.270 e. The number of ether oxygens (including phenoxy) is 1. The van der Waals surface area contributed by atoms with E-state index in [9.17, 15) is 4.79 Å². The van der Waals surface area contributed by atoms with E-state index in [2.05, 4.69) is 20.7 Å². The zero-order valence-electron chi connectivity index (χ0n) is 8.25. The predicted molar refractivity (Wildman–Crippen MR) is 49.7 cm³/mol. The second-order valence-electron chi connectivity index (χ2n) is 3.40. The molecule has 0 bridgehead atoms. The van der Waals surface area contributed by atoms with Gasteiger partial charge in [0.25, 0.3) is 5.95 Å². The van der Waals surface area contributed by atoms with E-state index in [-0.39, 0.29) is 23.8 Å². The van der Waals surface area contributed by atoms with E-state index in [0.29, 0.717) is 13.2 Å². The Hall–Kier alpha value is -1.54. The fourth-order valence-electron chi connectivity index (χ4n) is 1.38. The van der Waals surface area contributed by atoms with E-state index in [1.807, 2.05) is 0 Å². The molecule has 1 fully saturated rings. The van der Waals surface area contributed by atoms with Crippen molar-refractivity contribution in [1.82, 2.24) is 20.2 Å². The number of carbonyl (C=O) groups excluding carboxylic acids is 1. The van der Waals surface area contributed by atoms with Crippen LogP contribution < -0.4 is 11.1 Å². The highest BCUT2D eigenvalue weighted by Crippen LogP contribution is 2.13. The van der Waals surface area contributed by atoms with Gasteiger partial charge in [-0.25, -0.2) is 0 Å². The summed E-state index contributed by atoms with van der Waals surface area (Å²) < 4.78 is 5.09. The number of nitrogens with one attached hydrogen (secondary N) is 1. The quantitative estimate of drug-likeness (QED) is 0.594. The largest absolute Gasteiger partial charge is 0.379 e. The minimum Gasteiger partial charge on any atom is -0.379 e. The highest BCUT2D eigenvalue weighted by molar-refractivity contribution is 5.91. The van der Waals surface area contributed by atoms with Gasteiger partial charge in [-0.2, -0.15) is 4.80 Å². The van der Waals surface area contributed by atoms with E-state index < -0.39 is 0 Å². The topological polar surface area (TPSA) is 108 Å². The lowest BCUT2D eigenvalue weighted by Gasteiger charge is -2.10. The predicted octanol–water partition coefficient (Wildman–Crippen LogP) is -1.88. The lowest BCUT2D eigenvalue weighted by atomic mass is 10.0. The van der Waals surface area contributed by atoms with Crippen LogP contribution in [0.15, 0.2) is 0 Å². The molecule has 0 aliphatic carbocycles. The molecule has 0 radical (unpaired) electrons. The first-order chi connectivity index (χ1) is 7.16. The zero-order chi connectivity index (χ0) is 10.8. The van der Waals surface area contributed by atoms with Gasteiger partial charge >= 0.3 is 0 Å². The molecule has 2 atom stereocenters. The minimum atomic E-state index is -0.339. The van der Waals surface area contributed by atoms with Gasteiger partial charge in [-0.1, -0.05) is 5.10 Å². The molecule has 1 saturated heterocycles. The van der Waals surface area contributed by atoms with Gasteiger partial charge in [0.05, 0.1) is 26.2 Å². The maximum absolute atomic E-state index is 11.6. The number of hydrogen-bond acceptors (Lipinski definition) is 6. The molecule has 0 aromatic carbocycles. The first-order valence-electron chi connectivity index (χ1n) is 4.55. The summed E-state index contributed by atoms with van der Waals surface area (Å²) in [7, 11) is 1.62. The Morgan fingerprint density at radius 2 is 2.47 bits per heavy atom. The molecule has 8 nitrogen and oxygen atoms in total.